The Morgan fingerprint density at radius 1 is 1.26 bits per heavy atom. The Hall–Kier alpha value is -0.690. The maximum atomic E-state index is 11.7. The number of nitrogens with one attached hydrogen (secondary N) is 1. The van der Waals surface area contributed by atoms with Crippen LogP contribution in [0.4, 0.5) is 0 Å². The lowest BCUT2D eigenvalue weighted by atomic mass is 9.87. The summed E-state index contributed by atoms with van der Waals surface area (Å²) in [5.41, 5.74) is -0.858. The first kappa shape index (κ1) is 18.3. The van der Waals surface area contributed by atoms with Gasteiger partial charge in [0.25, 0.3) is 0 Å². The van der Waals surface area contributed by atoms with E-state index in [1.54, 1.807) is 13.8 Å². The van der Waals surface area contributed by atoms with Crippen LogP contribution in [0.25, 0.3) is 0 Å². The first-order valence-electron chi connectivity index (χ1n) is 6.68. The maximum Gasteiger partial charge on any atom is 0.249 e. The minimum Gasteiger partial charge on any atom is -0.396 e. The van der Waals surface area contributed by atoms with Crippen LogP contribution in [-0.4, -0.2) is 54.9 Å². The summed E-state index contributed by atoms with van der Waals surface area (Å²) >= 11 is 0. The molecule has 0 radical (unpaired) electrons. The Morgan fingerprint density at radius 2 is 1.79 bits per heavy atom. The van der Waals surface area contributed by atoms with Crippen molar-refractivity contribution in [1.82, 2.24) is 5.32 Å². The molecule has 0 rings (SSSR count). The minimum atomic E-state index is -1.24. The summed E-state index contributed by atoms with van der Waals surface area (Å²) < 4.78 is 10.7. The van der Waals surface area contributed by atoms with Crippen molar-refractivity contribution in [3.63, 3.8) is 0 Å². The highest BCUT2D eigenvalue weighted by Crippen LogP contribution is 2.19. The summed E-state index contributed by atoms with van der Waals surface area (Å²) in [5.74, 6) is -0.495. The van der Waals surface area contributed by atoms with Crippen molar-refractivity contribution in [2.75, 3.05) is 26.4 Å². The molecule has 1 amide bonds. The molecule has 3 N–H and O–H groups in total. The number of hydrogen-bond donors (Lipinski definition) is 3. The number of hydrogen-bond acceptors (Lipinski definition) is 5. The number of carbonyl (C=O) groups excluding carboxylic acids is 1. The molecule has 0 aliphatic rings. The summed E-state index contributed by atoms with van der Waals surface area (Å²) in [6, 6.07) is 0. The monoisotopic (exact) mass is 277 g/mol. The van der Waals surface area contributed by atoms with Crippen LogP contribution >= 0.6 is 0 Å². The number of aliphatic hydroxyl groups is 2. The molecule has 0 spiro atoms. The molecule has 0 aromatic carbocycles. The molecule has 0 heterocycles. The number of rotatable bonds is 10. The molecule has 0 bridgehead atoms. The minimum absolute atomic E-state index is 0.262. The average Bonchev–Trinajstić information content (AvgIpc) is 2.38. The van der Waals surface area contributed by atoms with Crippen LogP contribution in [0.15, 0.2) is 0 Å². The van der Waals surface area contributed by atoms with E-state index < -0.39 is 17.4 Å². The van der Waals surface area contributed by atoms with E-state index in [0.717, 1.165) is 0 Å². The fourth-order valence-corrected chi connectivity index (χ4v) is 1.44. The average molecular weight is 277 g/mol. The van der Waals surface area contributed by atoms with Gasteiger partial charge in [0.2, 0.25) is 5.91 Å². The van der Waals surface area contributed by atoms with Gasteiger partial charge < -0.3 is 25.0 Å². The second kappa shape index (κ2) is 9.25. The Kier molecular flexibility index (Phi) is 8.92. The van der Waals surface area contributed by atoms with E-state index in [1.807, 2.05) is 13.8 Å². The number of ether oxygens (including phenoxy) is 2. The third-order valence-electron chi connectivity index (χ3n) is 2.78. The summed E-state index contributed by atoms with van der Waals surface area (Å²) in [6.07, 6.45) is -1.08. The lowest BCUT2D eigenvalue weighted by Gasteiger charge is -2.27. The number of carbonyl (C=O) groups is 1. The molecule has 114 valence electrons. The fraction of sp³-hybridized carbons (Fsp3) is 0.923. The van der Waals surface area contributed by atoms with Crippen molar-refractivity contribution in [3.05, 3.63) is 0 Å². The highest BCUT2D eigenvalue weighted by molar-refractivity contribution is 5.81. The van der Waals surface area contributed by atoms with Crippen LogP contribution in [0.3, 0.4) is 0 Å². The molecule has 6 nitrogen and oxygen atoms in total. The Balaban J connectivity index is 4.08. The summed E-state index contributed by atoms with van der Waals surface area (Å²) in [5, 5.41) is 21.5. The summed E-state index contributed by atoms with van der Waals surface area (Å²) in [6.45, 7) is 8.17. The van der Waals surface area contributed by atoms with Gasteiger partial charge >= 0.3 is 0 Å². The zero-order chi connectivity index (χ0) is 14.9. The number of amides is 1. The van der Waals surface area contributed by atoms with Gasteiger partial charge in [0.05, 0.1) is 6.61 Å². The van der Waals surface area contributed by atoms with E-state index in [9.17, 15) is 9.90 Å². The largest absolute Gasteiger partial charge is 0.396 e. The van der Waals surface area contributed by atoms with Gasteiger partial charge in [-0.15, -0.1) is 0 Å². The molecule has 0 aliphatic heterocycles. The summed E-state index contributed by atoms with van der Waals surface area (Å²) in [4.78, 5) is 11.7. The third kappa shape index (κ3) is 6.87. The molecule has 0 saturated carbocycles. The standard InChI is InChI=1S/C13H27NO5/c1-5-18-10(19-6-2)7-8-14-12(17)11(16)13(3,4)9-15/h10-11,15-16H,5-9H2,1-4H3,(H,14,17)/t11-/m1/s1. The molecular weight excluding hydrogens is 250 g/mol. The second-order valence-corrected chi connectivity index (χ2v) is 4.97. The topological polar surface area (TPSA) is 88.0 Å². The van der Waals surface area contributed by atoms with Crippen LogP contribution in [0, 0.1) is 5.41 Å². The summed E-state index contributed by atoms with van der Waals surface area (Å²) in [7, 11) is 0. The van der Waals surface area contributed by atoms with Gasteiger partial charge in [-0.1, -0.05) is 13.8 Å². The molecule has 1 atom stereocenters. The van der Waals surface area contributed by atoms with Gasteiger partial charge in [0.1, 0.15) is 6.10 Å². The lowest BCUT2D eigenvalue weighted by molar-refractivity contribution is -0.143. The van der Waals surface area contributed by atoms with Crippen molar-refractivity contribution in [2.45, 2.75) is 46.5 Å². The smallest absolute Gasteiger partial charge is 0.249 e. The third-order valence-corrected chi connectivity index (χ3v) is 2.78. The van der Waals surface area contributed by atoms with E-state index >= 15 is 0 Å². The Labute approximate surface area is 115 Å². The molecule has 0 aromatic heterocycles. The molecule has 0 fully saturated rings. The molecule has 0 aliphatic carbocycles. The SMILES string of the molecule is CCOC(CCNC(=O)[C@@H](O)C(C)(C)CO)OCC. The molecule has 0 saturated heterocycles. The van der Waals surface area contributed by atoms with E-state index in [2.05, 4.69) is 5.32 Å². The molecule has 0 unspecified atom stereocenters. The maximum absolute atomic E-state index is 11.7. The van der Waals surface area contributed by atoms with Gasteiger partial charge in [0, 0.05) is 31.6 Å². The highest BCUT2D eigenvalue weighted by atomic mass is 16.7. The molecular formula is C13H27NO5. The van der Waals surface area contributed by atoms with Crippen molar-refractivity contribution < 1.29 is 24.5 Å². The van der Waals surface area contributed by atoms with Crippen LogP contribution in [0.2, 0.25) is 0 Å². The molecule has 6 heteroatoms. The van der Waals surface area contributed by atoms with Crippen molar-refractivity contribution in [1.29, 1.82) is 0 Å². The van der Waals surface area contributed by atoms with E-state index in [-0.39, 0.29) is 12.9 Å². The van der Waals surface area contributed by atoms with Gasteiger partial charge in [-0.3, -0.25) is 4.79 Å². The normalized spacial score (nSPS) is 13.6. The van der Waals surface area contributed by atoms with E-state index in [4.69, 9.17) is 14.6 Å². The first-order valence-corrected chi connectivity index (χ1v) is 6.68. The van der Waals surface area contributed by atoms with E-state index in [0.29, 0.717) is 26.2 Å². The van der Waals surface area contributed by atoms with Gasteiger partial charge in [-0.2, -0.15) is 0 Å². The molecule has 0 aromatic rings. The van der Waals surface area contributed by atoms with E-state index in [1.165, 1.54) is 0 Å². The Morgan fingerprint density at radius 3 is 2.21 bits per heavy atom. The van der Waals surface area contributed by atoms with Crippen LogP contribution < -0.4 is 5.32 Å². The predicted molar refractivity (Wildman–Crippen MR) is 71.5 cm³/mol. The fourth-order valence-electron chi connectivity index (χ4n) is 1.44. The van der Waals surface area contributed by atoms with Gasteiger partial charge in [-0.05, 0) is 13.8 Å². The Bertz CT molecular complexity index is 251. The lowest BCUT2D eigenvalue weighted by Crippen LogP contribution is -2.46. The quantitative estimate of drug-likeness (QED) is 0.499. The van der Waals surface area contributed by atoms with Crippen molar-refractivity contribution in [3.8, 4) is 0 Å². The highest BCUT2D eigenvalue weighted by Gasteiger charge is 2.32. The van der Waals surface area contributed by atoms with Crippen LogP contribution in [0.1, 0.15) is 34.1 Å². The molecule has 19 heavy (non-hydrogen) atoms. The first-order chi connectivity index (χ1) is 8.88. The zero-order valence-electron chi connectivity index (χ0n) is 12.3. The van der Waals surface area contributed by atoms with Crippen molar-refractivity contribution in [2.24, 2.45) is 5.41 Å². The van der Waals surface area contributed by atoms with Crippen molar-refractivity contribution >= 4 is 5.91 Å². The van der Waals surface area contributed by atoms with Gasteiger partial charge in [0.15, 0.2) is 6.29 Å². The predicted octanol–water partition coefficient (Wildman–Crippen LogP) is 0.271. The number of aliphatic hydroxyl groups excluding tert-OH is 2. The van der Waals surface area contributed by atoms with Crippen LogP contribution in [-0.2, 0) is 14.3 Å². The van der Waals surface area contributed by atoms with Crippen LogP contribution in [0.5, 0.6) is 0 Å². The zero-order valence-corrected chi connectivity index (χ0v) is 12.3. The van der Waals surface area contributed by atoms with Gasteiger partial charge in [-0.25, -0.2) is 0 Å². The second-order valence-electron chi connectivity index (χ2n) is 4.97.